The van der Waals surface area contributed by atoms with Crippen LogP contribution in [-0.4, -0.2) is 49.8 Å². The van der Waals surface area contributed by atoms with Crippen LogP contribution in [0.2, 0.25) is 0 Å². The quantitative estimate of drug-likeness (QED) is 0.0986. The zero-order valence-corrected chi connectivity index (χ0v) is 71.6. The second-order valence-electron chi connectivity index (χ2n) is 33.6. The fourth-order valence-corrected chi connectivity index (χ4v) is 9.63. The van der Waals surface area contributed by atoms with Crippen molar-refractivity contribution >= 4 is 0 Å². The number of benzene rings is 4. The number of nitrogens with zero attached hydrogens (tertiary/aromatic N) is 5. The molecule has 0 amide bonds. The minimum absolute atomic E-state index is 0. The summed E-state index contributed by atoms with van der Waals surface area (Å²) in [6.45, 7) is 59.8. The van der Waals surface area contributed by atoms with Gasteiger partial charge >= 0.3 is 51.2 Å². The standard InChI is InChI=1S/4C14H22O2.2C11H9N2O2.C6H15N.C2H3N.3Fe/c4*1-13(2,3)9-7-10(14(4,5)6)12(16)11(15)8-9;2*14-11(15,9-5-1-3-7-12-9)10-6-2-4-8-13-10;1-4-7(5-2)6-3;1-2-3;;;/h4*7-8,15-16H,1-6H3;2*1-8,14H;4-6H2,1-3H3;1H3;;;/q;;;;2*-1;;;3*+3/p-7. The zero-order valence-electron chi connectivity index (χ0n) is 68.3. The zero-order chi connectivity index (χ0) is 80.8. The number of nitrogens with one attached hydrogen (secondary N) is 1. The van der Waals surface area contributed by atoms with E-state index in [-0.39, 0.29) is 140 Å². The molecule has 0 fully saturated rings. The first-order valence-electron chi connectivity index (χ1n) is 35.1. The maximum atomic E-state index is 11.9. The van der Waals surface area contributed by atoms with E-state index in [9.17, 15) is 61.3 Å². The second-order valence-corrected chi connectivity index (χ2v) is 33.6. The summed E-state index contributed by atoms with van der Waals surface area (Å²) in [7, 11) is 0. The van der Waals surface area contributed by atoms with E-state index in [0.717, 1.165) is 22.3 Å². The number of aromatic nitrogens is 4. The van der Waals surface area contributed by atoms with Crippen LogP contribution in [0.25, 0.3) is 0 Å². The van der Waals surface area contributed by atoms with Crippen LogP contribution in [0.1, 0.15) is 261 Å². The Morgan fingerprint density at radius 1 is 0.318 bits per heavy atom. The molecule has 0 saturated heterocycles. The Bertz CT molecular complexity index is 3460. The molecule has 0 aliphatic rings. The van der Waals surface area contributed by atoms with Crippen molar-refractivity contribution in [2.75, 3.05) is 19.6 Å². The summed E-state index contributed by atoms with van der Waals surface area (Å²) in [6.07, 6.45) is 5.84. The smallest absolute Gasteiger partial charge is 0.873 e. The van der Waals surface area contributed by atoms with Crippen LogP contribution in [0.4, 0.5) is 0 Å². The maximum Gasteiger partial charge on any atom is 3.00 e. The van der Waals surface area contributed by atoms with Gasteiger partial charge in [-0.25, -0.2) is 0 Å². The van der Waals surface area contributed by atoms with Crippen LogP contribution >= 0.6 is 0 Å². The molecule has 4 heterocycles. The number of hydrogen-bond acceptors (Lipinski definition) is 17. The van der Waals surface area contributed by atoms with Crippen molar-refractivity contribution in [3.8, 4) is 52.1 Å². The van der Waals surface area contributed by atoms with Crippen molar-refractivity contribution in [1.82, 2.24) is 19.9 Å². The number of rotatable bonds is 7. The molecule has 4 aromatic carbocycles. The number of aliphatic hydroxyl groups is 2. The molecule has 8 rings (SSSR count). The van der Waals surface area contributed by atoms with Gasteiger partial charge < -0.3 is 66.2 Å². The third kappa shape index (κ3) is 33.2. The first-order valence-corrected chi connectivity index (χ1v) is 35.1. The average Bonchev–Trinajstić information content (AvgIpc) is 0.820. The Labute approximate surface area is 672 Å². The summed E-state index contributed by atoms with van der Waals surface area (Å²) in [5, 5.41) is 144. The Morgan fingerprint density at radius 2 is 0.477 bits per heavy atom. The number of nitriles is 1. The van der Waals surface area contributed by atoms with Gasteiger partial charge in [0.2, 0.25) is 0 Å². The van der Waals surface area contributed by atoms with Gasteiger partial charge in [0.25, 0.3) is 0 Å². The normalized spacial score (nSPS) is 11.6. The van der Waals surface area contributed by atoms with Gasteiger partial charge in [0.05, 0.1) is 60.1 Å². The first-order chi connectivity index (χ1) is 47.3. The summed E-state index contributed by atoms with van der Waals surface area (Å²) in [5.41, 5.74) is 4.83. The molecule has 0 spiro atoms. The van der Waals surface area contributed by atoms with Gasteiger partial charge in [0, 0.05) is 31.7 Å². The van der Waals surface area contributed by atoms with Crippen molar-refractivity contribution in [2.24, 2.45) is 0 Å². The van der Waals surface area contributed by atoms with Crippen LogP contribution in [-0.2, 0) is 106 Å². The minimum Gasteiger partial charge on any atom is -0.873 e. The van der Waals surface area contributed by atoms with E-state index >= 15 is 0 Å². The predicted octanol–water partition coefficient (Wildman–Crippen LogP) is 10.2. The van der Waals surface area contributed by atoms with Gasteiger partial charge in [-0.05, 0) is 135 Å². The molecule has 4 aromatic heterocycles. The molecule has 0 saturated carbocycles. The van der Waals surface area contributed by atoms with E-state index < -0.39 is 34.6 Å². The molecule has 18 nitrogen and oxygen atoms in total. The van der Waals surface area contributed by atoms with Crippen LogP contribution in [0.3, 0.4) is 0 Å². The fourth-order valence-electron chi connectivity index (χ4n) is 9.63. The van der Waals surface area contributed by atoms with E-state index in [1.807, 2.05) is 190 Å². The molecular formula is C86H117Fe3N6O12. The molecule has 3 radical (unpaired) electrons. The Balaban J connectivity index is -0.00000118. The van der Waals surface area contributed by atoms with Crippen molar-refractivity contribution < 1.29 is 117 Å². The van der Waals surface area contributed by atoms with Gasteiger partial charge in [-0.15, -0.1) is 46.0 Å². The van der Waals surface area contributed by atoms with E-state index in [4.69, 9.17) is 5.26 Å². The van der Waals surface area contributed by atoms with Gasteiger partial charge in [-0.2, -0.15) is 5.26 Å². The topological polar surface area (TPSA) is 351 Å². The van der Waals surface area contributed by atoms with Crippen LogP contribution in [0.15, 0.2) is 146 Å². The van der Waals surface area contributed by atoms with Crippen molar-refractivity contribution in [3.63, 3.8) is 0 Å². The summed E-state index contributed by atoms with van der Waals surface area (Å²) in [4.78, 5) is 17.0. The van der Waals surface area contributed by atoms with Gasteiger partial charge in [-0.3, -0.25) is 19.9 Å². The number of pyridine rings is 4. The van der Waals surface area contributed by atoms with Gasteiger partial charge in [0.1, 0.15) is 0 Å². The Kier molecular flexibility index (Phi) is 42.0. The maximum absolute atomic E-state index is 11.9. The Hall–Kier alpha value is -7.27. The summed E-state index contributed by atoms with van der Waals surface area (Å²) >= 11 is 0. The van der Waals surface area contributed by atoms with Crippen molar-refractivity contribution in [3.05, 3.63) is 213 Å². The first kappa shape index (κ1) is 104. The third-order valence-electron chi connectivity index (χ3n) is 16.5. The number of hydrogen-bond donors (Lipinski definition) is 3. The molecule has 21 heteroatoms. The second kappa shape index (κ2) is 43.2. The van der Waals surface area contributed by atoms with Crippen LogP contribution < -0.4 is 56.0 Å². The summed E-state index contributed by atoms with van der Waals surface area (Å²) in [6, 6.07) is 34.3. The minimum atomic E-state index is -2.39. The van der Waals surface area contributed by atoms with Crippen molar-refractivity contribution in [1.29, 1.82) is 5.26 Å². The molecule has 0 unspecified atom stereocenters. The fraction of sp³-hybridized carbons (Fsp3) is 0.477. The summed E-state index contributed by atoms with van der Waals surface area (Å²) in [5.74, 6) is -7.78. The van der Waals surface area contributed by atoms with Gasteiger partial charge in [0.15, 0.2) is 0 Å². The molecule has 8 aromatic rings. The molecule has 3 N–H and O–H groups in total. The van der Waals surface area contributed by atoms with Crippen molar-refractivity contribution in [2.45, 2.75) is 249 Å². The van der Waals surface area contributed by atoms with E-state index in [1.54, 1.807) is 59.5 Å². The molecule has 587 valence electrons. The third-order valence-corrected chi connectivity index (χ3v) is 16.5. The molecule has 0 bridgehead atoms. The van der Waals surface area contributed by atoms with Crippen LogP contribution in [0.5, 0.6) is 46.0 Å². The van der Waals surface area contributed by atoms with Crippen LogP contribution in [0, 0.1) is 11.3 Å². The number of quaternary nitrogens is 1. The van der Waals surface area contributed by atoms with E-state index in [1.165, 1.54) is 99.9 Å². The Morgan fingerprint density at radius 3 is 0.579 bits per heavy atom. The van der Waals surface area contributed by atoms with Gasteiger partial charge in [-0.1, -0.05) is 261 Å². The summed E-state index contributed by atoms with van der Waals surface area (Å²) < 4.78 is 0. The molecular weight excluding hydrogens is 1480 g/mol. The molecule has 0 aliphatic carbocycles. The molecule has 0 atom stereocenters. The SMILES string of the molecule is CC#N.CC(C)(C)c1cc([O-])c([O-])c(C(C)(C)C)c1.CC(C)(C)c1cc([O-])c([O-])c(C(C)(C)C)c1.CC(C)(C)c1cc([O-])c([O-])c(C(C)(C)C)c1.CC(C)(C)c1cc([O-])c([O-])c(C(C)(C)C)c1.CC[NH+](CC)CC.[Fe+3].[Fe+3].[Fe+3].[O-]C(O)(c1ccccn1)c1ccccn1.[O-]C(O)(c1ccccn1)c1ccccn1. The largest absolute Gasteiger partial charge is 3.00 e. The molecule has 0 aliphatic heterocycles. The monoisotopic (exact) mass is 1590 g/mol. The van der Waals surface area contributed by atoms with E-state index in [2.05, 4.69) is 40.7 Å². The molecule has 107 heavy (non-hydrogen) atoms. The average molecular weight is 1590 g/mol. The van der Waals surface area contributed by atoms with E-state index in [0.29, 0.717) is 22.3 Å². The predicted molar refractivity (Wildman–Crippen MR) is 398 cm³/mol.